The van der Waals surface area contributed by atoms with Crippen LogP contribution in [0.5, 0.6) is 0 Å². The molecule has 0 spiro atoms. The van der Waals surface area contributed by atoms with Gasteiger partial charge in [-0.15, -0.1) is 0 Å². The fourth-order valence-corrected chi connectivity index (χ4v) is 1.39. The molecular weight excluding hydrogens is 230 g/mol. The molecular formula is C9H17N3O3S. The molecule has 3 amide bonds. The minimum atomic E-state index is -0.698. The van der Waals surface area contributed by atoms with Crippen LogP contribution in [-0.4, -0.2) is 35.6 Å². The van der Waals surface area contributed by atoms with Gasteiger partial charge in [-0.1, -0.05) is 0 Å². The molecule has 2 atom stereocenters. The van der Waals surface area contributed by atoms with Crippen molar-refractivity contribution in [2.75, 3.05) is 5.75 Å². The summed E-state index contributed by atoms with van der Waals surface area (Å²) in [5.41, 5.74) is 4.98. The largest absolute Gasteiger partial charge is 0.370 e. The van der Waals surface area contributed by atoms with E-state index in [-0.39, 0.29) is 30.0 Å². The van der Waals surface area contributed by atoms with Gasteiger partial charge in [0, 0.05) is 25.1 Å². The molecule has 0 aromatic rings. The van der Waals surface area contributed by atoms with E-state index in [0.717, 1.165) is 0 Å². The van der Waals surface area contributed by atoms with Gasteiger partial charge in [0.05, 0.1) is 0 Å². The van der Waals surface area contributed by atoms with Crippen molar-refractivity contribution in [3.05, 3.63) is 0 Å². The molecule has 0 aliphatic carbocycles. The molecule has 0 aromatic carbocycles. The summed E-state index contributed by atoms with van der Waals surface area (Å²) in [6, 6.07) is -1.06. The summed E-state index contributed by atoms with van der Waals surface area (Å²) in [6.07, 6.45) is 0.0606. The summed E-state index contributed by atoms with van der Waals surface area (Å²) in [7, 11) is 0. The maximum atomic E-state index is 11.6. The van der Waals surface area contributed by atoms with E-state index in [4.69, 9.17) is 5.73 Å². The Balaban J connectivity index is 4.20. The van der Waals surface area contributed by atoms with Gasteiger partial charge in [0.25, 0.3) is 0 Å². The number of amides is 3. The monoisotopic (exact) mass is 247 g/mol. The Hall–Kier alpha value is -1.24. The molecule has 0 rings (SSSR count). The standard InChI is InChI=1S/C9H17N3O3S/c1-5(3-8(10)14)11-9(15)7(4-16)12-6(2)13/h5,7,16H,3-4H2,1-2H3,(H2,10,14)(H,11,15)(H,12,13). The minimum Gasteiger partial charge on any atom is -0.370 e. The maximum Gasteiger partial charge on any atom is 0.243 e. The molecule has 0 radical (unpaired) electrons. The lowest BCUT2D eigenvalue weighted by atomic mass is 10.2. The van der Waals surface area contributed by atoms with Crippen LogP contribution in [-0.2, 0) is 14.4 Å². The highest BCUT2D eigenvalue weighted by molar-refractivity contribution is 7.80. The predicted octanol–water partition coefficient (Wildman–Crippen LogP) is -1.20. The lowest BCUT2D eigenvalue weighted by molar-refractivity contribution is -0.128. The average Bonchev–Trinajstić information content (AvgIpc) is 2.11. The zero-order valence-corrected chi connectivity index (χ0v) is 10.2. The number of primary amides is 1. The molecule has 16 heavy (non-hydrogen) atoms. The number of rotatable bonds is 6. The molecule has 0 aliphatic heterocycles. The van der Waals surface area contributed by atoms with Crippen LogP contribution in [0.1, 0.15) is 20.3 Å². The SMILES string of the molecule is CC(=O)NC(CS)C(=O)NC(C)CC(N)=O. The van der Waals surface area contributed by atoms with Crippen molar-refractivity contribution in [3.63, 3.8) is 0 Å². The van der Waals surface area contributed by atoms with Gasteiger partial charge in [0.2, 0.25) is 17.7 Å². The molecule has 6 nitrogen and oxygen atoms in total. The smallest absolute Gasteiger partial charge is 0.243 e. The van der Waals surface area contributed by atoms with Crippen molar-refractivity contribution in [1.82, 2.24) is 10.6 Å². The van der Waals surface area contributed by atoms with Gasteiger partial charge >= 0.3 is 0 Å². The molecule has 0 heterocycles. The summed E-state index contributed by atoms with van der Waals surface area (Å²) < 4.78 is 0. The van der Waals surface area contributed by atoms with Crippen LogP contribution in [0.3, 0.4) is 0 Å². The Kier molecular flexibility index (Phi) is 6.55. The van der Waals surface area contributed by atoms with Gasteiger partial charge in [-0.3, -0.25) is 14.4 Å². The lowest BCUT2D eigenvalue weighted by Gasteiger charge is -2.18. The number of hydrogen-bond donors (Lipinski definition) is 4. The normalized spacial score (nSPS) is 13.7. The van der Waals surface area contributed by atoms with E-state index >= 15 is 0 Å². The topological polar surface area (TPSA) is 101 Å². The summed E-state index contributed by atoms with van der Waals surface area (Å²) in [5.74, 6) is -0.986. The van der Waals surface area contributed by atoms with Gasteiger partial charge in [-0.25, -0.2) is 0 Å². The average molecular weight is 247 g/mol. The number of carbonyl (C=O) groups is 3. The number of hydrogen-bond acceptors (Lipinski definition) is 4. The molecule has 0 aromatic heterocycles. The van der Waals surface area contributed by atoms with E-state index in [1.165, 1.54) is 6.92 Å². The van der Waals surface area contributed by atoms with Crippen LogP contribution < -0.4 is 16.4 Å². The molecule has 2 unspecified atom stereocenters. The first-order valence-corrected chi connectivity index (χ1v) is 5.46. The number of nitrogens with one attached hydrogen (secondary N) is 2. The van der Waals surface area contributed by atoms with Crippen LogP contribution in [0, 0.1) is 0 Å². The Morgan fingerprint density at radius 3 is 2.25 bits per heavy atom. The van der Waals surface area contributed by atoms with Crippen molar-refractivity contribution < 1.29 is 14.4 Å². The number of carbonyl (C=O) groups excluding carboxylic acids is 3. The van der Waals surface area contributed by atoms with Gasteiger partial charge in [0.15, 0.2) is 0 Å². The van der Waals surface area contributed by atoms with Crippen molar-refractivity contribution in [2.24, 2.45) is 5.73 Å². The molecule has 4 N–H and O–H groups in total. The molecule has 0 fully saturated rings. The summed E-state index contributed by atoms with van der Waals surface area (Å²) in [4.78, 5) is 33.0. The quantitative estimate of drug-likeness (QED) is 0.443. The third-order valence-electron chi connectivity index (χ3n) is 1.77. The van der Waals surface area contributed by atoms with E-state index in [1.54, 1.807) is 6.92 Å². The van der Waals surface area contributed by atoms with Crippen LogP contribution in [0.25, 0.3) is 0 Å². The van der Waals surface area contributed by atoms with Crippen LogP contribution in [0.4, 0.5) is 0 Å². The molecule has 0 saturated heterocycles. The Bertz CT molecular complexity index is 283. The second-order valence-corrected chi connectivity index (χ2v) is 3.88. The second-order valence-electron chi connectivity index (χ2n) is 3.52. The van der Waals surface area contributed by atoms with Gasteiger partial charge < -0.3 is 16.4 Å². The Morgan fingerprint density at radius 1 is 1.31 bits per heavy atom. The fraction of sp³-hybridized carbons (Fsp3) is 0.667. The fourth-order valence-electron chi connectivity index (χ4n) is 1.14. The summed E-state index contributed by atoms with van der Waals surface area (Å²) >= 11 is 3.95. The van der Waals surface area contributed by atoms with Crippen LogP contribution in [0.15, 0.2) is 0 Å². The Labute approximate surface area is 99.7 Å². The summed E-state index contributed by atoms with van der Waals surface area (Å²) in [5, 5.41) is 5.01. The van der Waals surface area contributed by atoms with E-state index in [0.29, 0.717) is 0 Å². The highest BCUT2D eigenvalue weighted by atomic mass is 32.1. The zero-order chi connectivity index (χ0) is 12.7. The Morgan fingerprint density at radius 2 is 1.88 bits per heavy atom. The summed E-state index contributed by atoms with van der Waals surface area (Å²) in [6.45, 7) is 2.97. The first kappa shape index (κ1) is 14.8. The van der Waals surface area contributed by atoms with Gasteiger partial charge in [0.1, 0.15) is 6.04 Å². The van der Waals surface area contributed by atoms with E-state index in [2.05, 4.69) is 23.3 Å². The first-order valence-electron chi connectivity index (χ1n) is 4.83. The first-order chi connectivity index (χ1) is 7.36. The van der Waals surface area contributed by atoms with Crippen LogP contribution in [0.2, 0.25) is 0 Å². The third-order valence-corrected chi connectivity index (χ3v) is 2.14. The molecule has 92 valence electrons. The van der Waals surface area contributed by atoms with Gasteiger partial charge in [-0.2, -0.15) is 12.6 Å². The highest BCUT2D eigenvalue weighted by Gasteiger charge is 2.19. The third kappa shape index (κ3) is 6.28. The van der Waals surface area contributed by atoms with Crippen molar-refractivity contribution in [2.45, 2.75) is 32.4 Å². The molecule has 7 heteroatoms. The highest BCUT2D eigenvalue weighted by Crippen LogP contribution is 1.94. The van der Waals surface area contributed by atoms with E-state index in [1.807, 2.05) is 0 Å². The van der Waals surface area contributed by atoms with Crippen molar-refractivity contribution in [3.8, 4) is 0 Å². The maximum absolute atomic E-state index is 11.6. The minimum absolute atomic E-state index is 0.0606. The van der Waals surface area contributed by atoms with E-state index in [9.17, 15) is 14.4 Å². The second kappa shape index (κ2) is 7.10. The van der Waals surface area contributed by atoms with Crippen molar-refractivity contribution in [1.29, 1.82) is 0 Å². The molecule has 0 aliphatic rings. The number of thiol groups is 1. The lowest BCUT2D eigenvalue weighted by Crippen LogP contribution is -2.50. The zero-order valence-electron chi connectivity index (χ0n) is 9.32. The van der Waals surface area contributed by atoms with Crippen LogP contribution >= 0.6 is 12.6 Å². The predicted molar refractivity (Wildman–Crippen MR) is 62.9 cm³/mol. The number of nitrogens with two attached hydrogens (primary N) is 1. The van der Waals surface area contributed by atoms with Gasteiger partial charge in [-0.05, 0) is 6.92 Å². The van der Waals surface area contributed by atoms with Crippen molar-refractivity contribution >= 4 is 30.4 Å². The molecule has 0 bridgehead atoms. The van der Waals surface area contributed by atoms with E-state index < -0.39 is 11.9 Å². The molecule has 0 saturated carbocycles.